The van der Waals surface area contributed by atoms with E-state index >= 15 is 0 Å². The molecule has 1 amide bonds. The van der Waals surface area contributed by atoms with E-state index in [1.54, 1.807) is 24.5 Å². The number of ether oxygens (including phenoxy) is 3. The number of aromatic nitrogens is 1. The predicted molar refractivity (Wildman–Crippen MR) is 123 cm³/mol. The molecule has 0 spiro atoms. The Morgan fingerprint density at radius 2 is 1.94 bits per heavy atom. The maximum absolute atomic E-state index is 12.3. The van der Waals surface area contributed by atoms with Crippen molar-refractivity contribution in [3.05, 3.63) is 89.8 Å². The van der Waals surface area contributed by atoms with Gasteiger partial charge in [0, 0.05) is 36.0 Å². The third kappa shape index (κ3) is 5.46. The topological polar surface area (TPSA) is 69.7 Å². The van der Waals surface area contributed by atoms with Gasteiger partial charge in [-0.25, -0.2) is 0 Å². The minimum Gasteiger partial charge on any atom is -0.489 e. The SMILES string of the molecule is CC(C)(CNC(=O)/C=C/c1ccc(OCc2cccnc2)cc1)c1ccc2c(c1)OCO2. The van der Waals surface area contributed by atoms with Crippen LogP contribution in [0.5, 0.6) is 17.2 Å². The summed E-state index contributed by atoms with van der Waals surface area (Å²) in [7, 11) is 0. The summed E-state index contributed by atoms with van der Waals surface area (Å²) in [5.41, 5.74) is 2.76. The molecule has 0 fully saturated rings. The second-order valence-electron chi connectivity index (χ2n) is 8.22. The van der Waals surface area contributed by atoms with Gasteiger partial charge in [-0.05, 0) is 47.5 Å². The molecule has 32 heavy (non-hydrogen) atoms. The minimum absolute atomic E-state index is 0.143. The Labute approximate surface area is 187 Å². The number of carbonyl (C=O) groups excluding carboxylic acids is 1. The second kappa shape index (κ2) is 9.56. The van der Waals surface area contributed by atoms with Gasteiger partial charge in [-0.15, -0.1) is 0 Å². The summed E-state index contributed by atoms with van der Waals surface area (Å²) >= 11 is 0. The molecule has 6 nitrogen and oxygen atoms in total. The summed E-state index contributed by atoms with van der Waals surface area (Å²) in [6.07, 6.45) is 6.84. The highest BCUT2D eigenvalue weighted by molar-refractivity contribution is 5.91. The molecule has 2 aromatic carbocycles. The van der Waals surface area contributed by atoms with Crippen molar-refractivity contribution in [2.75, 3.05) is 13.3 Å². The molecular formula is C26H26N2O4. The number of benzene rings is 2. The second-order valence-corrected chi connectivity index (χ2v) is 8.22. The summed E-state index contributed by atoms with van der Waals surface area (Å²) in [5, 5.41) is 2.98. The van der Waals surface area contributed by atoms with E-state index in [4.69, 9.17) is 14.2 Å². The summed E-state index contributed by atoms with van der Waals surface area (Å²) in [5.74, 6) is 2.12. The highest BCUT2D eigenvalue weighted by Gasteiger charge is 2.24. The first-order valence-corrected chi connectivity index (χ1v) is 10.5. The molecular weight excluding hydrogens is 404 g/mol. The summed E-state index contributed by atoms with van der Waals surface area (Å²) in [6.45, 7) is 5.37. The summed E-state index contributed by atoms with van der Waals surface area (Å²) in [4.78, 5) is 16.4. The molecule has 0 unspecified atom stereocenters. The molecule has 3 aromatic rings. The average Bonchev–Trinajstić information content (AvgIpc) is 3.29. The number of pyridine rings is 1. The van der Waals surface area contributed by atoms with Crippen LogP contribution in [0.3, 0.4) is 0 Å². The van der Waals surface area contributed by atoms with Crippen LogP contribution < -0.4 is 19.5 Å². The number of fused-ring (bicyclic) bond motifs is 1. The fourth-order valence-corrected chi connectivity index (χ4v) is 3.28. The third-order valence-electron chi connectivity index (χ3n) is 5.29. The molecule has 0 bridgehead atoms. The monoisotopic (exact) mass is 430 g/mol. The van der Waals surface area contributed by atoms with E-state index < -0.39 is 0 Å². The van der Waals surface area contributed by atoms with Gasteiger partial charge in [0.05, 0.1) is 0 Å². The molecule has 0 saturated carbocycles. The maximum atomic E-state index is 12.3. The maximum Gasteiger partial charge on any atom is 0.244 e. The first-order valence-electron chi connectivity index (χ1n) is 10.5. The number of nitrogens with one attached hydrogen (secondary N) is 1. The lowest BCUT2D eigenvalue weighted by Gasteiger charge is -2.25. The van der Waals surface area contributed by atoms with E-state index in [1.165, 1.54) is 0 Å². The first kappa shape index (κ1) is 21.4. The van der Waals surface area contributed by atoms with Gasteiger partial charge in [0.1, 0.15) is 12.4 Å². The quantitative estimate of drug-likeness (QED) is 0.533. The van der Waals surface area contributed by atoms with Crippen molar-refractivity contribution in [2.24, 2.45) is 0 Å². The molecule has 0 radical (unpaired) electrons. The molecule has 2 heterocycles. The van der Waals surface area contributed by atoms with Crippen LogP contribution >= 0.6 is 0 Å². The van der Waals surface area contributed by atoms with E-state index in [9.17, 15) is 4.79 Å². The fraction of sp³-hybridized carbons (Fsp3) is 0.231. The number of hydrogen-bond donors (Lipinski definition) is 1. The van der Waals surface area contributed by atoms with Gasteiger partial charge >= 0.3 is 0 Å². The standard InChI is InChI=1S/C26H26N2O4/c1-26(2,21-8-11-23-24(14-21)32-18-31-23)17-28-25(29)12-7-19-5-9-22(10-6-19)30-16-20-4-3-13-27-15-20/h3-15H,16-18H2,1-2H3,(H,28,29)/b12-7+. The van der Waals surface area contributed by atoms with E-state index in [0.717, 1.165) is 33.9 Å². The van der Waals surface area contributed by atoms with Crippen molar-refractivity contribution >= 4 is 12.0 Å². The van der Waals surface area contributed by atoms with Crippen LogP contribution in [-0.2, 0) is 16.8 Å². The Morgan fingerprint density at radius 1 is 1.12 bits per heavy atom. The van der Waals surface area contributed by atoms with E-state index in [2.05, 4.69) is 24.1 Å². The van der Waals surface area contributed by atoms with Crippen LogP contribution in [-0.4, -0.2) is 24.2 Å². The summed E-state index contributed by atoms with van der Waals surface area (Å²) < 4.78 is 16.6. The average molecular weight is 431 g/mol. The van der Waals surface area contributed by atoms with E-state index in [-0.39, 0.29) is 18.1 Å². The van der Waals surface area contributed by atoms with Crippen LogP contribution in [0.4, 0.5) is 0 Å². The first-order chi connectivity index (χ1) is 15.5. The molecule has 164 valence electrons. The number of amides is 1. The Hall–Kier alpha value is -3.80. The number of carbonyl (C=O) groups is 1. The molecule has 6 heteroatoms. The van der Waals surface area contributed by atoms with Gasteiger partial charge in [-0.2, -0.15) is 0 Å². The normalized spacial score (nSPS) is 12.7. The zero-order valence-corrected chi connectivity index (χ0v) is 18.2. The number of rotatable bonds is 8. The molecule has 0 atom stereocenters. The smallest absolute Gasteiger partial charge is 0.244 e. The zero-order chi connectivity index (χ0) is 22.4. The van der Waals surface area contributed by atoms with Gasteiger partial charge in [-0.3, -0.25) is 9.78 Å². The Bertz CT molecular complexity index is 1090. The van der Waals surface area contributed by atoms with E-state index in [0.29, 0.717) is 13.2 Å². The summed E-state index contributed by atoms with van der Waals surface area (Å²) in [6, 6.07) is 17.3. The predicted octanol–water partition coefficient (Wildman–Crippen LogP) is 4.50. The molecule has 0 saturated heterocycles. The fourth-order valence-electron chi connectivity index (χ4n) is 3.28. The molecule has 4 rings (SSSR count). The molecule has 1 aliphatic heterocycles. The minimum atomic E-state index is -0.252. The van der Waals surface area contributed by atoms with Gasteiger partial charge in [-0.1, -0.05) is 38.1 Å². The van der Waals surface area contributed by atoms with Crippen LogP contribution in [0.1, 0.15) is 30.5 Å². The van der Waals surface area contributed by atoms with Crippen molar-refractivity contribution in [3.63, 3.8) is 0 Å². The van der Waals surface area contributed by atoms with Gasteiger partial charge in [0.2, 0.25) is 12.7 Å². The van der Waals surface area contributed by atoms with Crippen molar-refractivity contribution in [1.29, 1.82) is 0 Å². The largest absolute Gasteiger partial charge is 0.489 e. The van der Waals surface area contributed by atoms with Crippen LogP contribution in [0.2, 0.25) is 0 Å². The Balaban J connectivity index is 1.27. The van der Waals surface area contributed by atoms with Crippen LogP contribution in [0.25, 0.3) is 6.08 Å². The van der Waals surface area contributed by atoms with Crippen molar-refractivity contribution in [1.82, 2.24) is 10.3 Å². The third-order valence-corrected chi connectivity index (χ3v) is 5.29. The van der Waals surface area contributed by atoms with Crippen molar-refractivity contribution in [3.8, 4) is 17.2 Å². The highest BCUT2D eigenvalue weighted by Crippen LogP contribution is 2.36. The van der Waals surface area contributed by atoms with E-state index in [1.807, 2.05) is 54.6 Å². The molecule has 1 aromatic heterocycles. The van der Waals surface area contributed by atoms with Crippen molar-refractivity contribution in [2.45, 2.75) is 25.9 Å². The van der Waals surface area contributed by atoms with Crippen LogP contribution in [0, 0.1) is 0 Å². The lowest BCUT2D eigenvalue weighted by atomic mass is 9.84. The molecule has 0 aliphatic carbocycles. The Kier molecular flexibility index (Phi) is 6.40. The number of nitrogens with zero attached hydrogens (tertiary/aromatic N) is 1. The zero-order valence-electron chi connectivity index (χ0n) is 18.2. The van der Waals surface area contributed by atoms with Gasteiger partial charge in [0.25, 0.3) is 0 Å². The van der Waals surface area contributed by atoms with Gasteiger partial charge < -0.3 is 19.5 Å². The molecule has 1 aliphatic rings. The van der Waals surface area contributed by atoms with Crippen molar-refractivity contribution < 1.29 is 19.0 Å². The Morgan fingerprint density at radius 3 is 2.72 bits per heavy atom. The molecule has 1 N–H and O–H groups in total. The lowest BCUT2D eigenvalue weighted by Crippen LogP contribution is -2.35. The number of hydrogen-bond acceptors (Lipinski definition) is 5. The van der Waals surface area contributed by atoms with Gasteiger partial charge in [0.15, 0.2) is 11.5 Å². The van der Waals surface area contributed by atoms with Crippen LogP contribution in [0.15, 0.2) is 73.1 Å². The lowest BCUT2D eigenvalue weighted by molar-refractivity contribution is -0.116. The highest BCUT2D eigenvalue weighted by atomic mass is 16.7.